The molecule has 2 aromatic rings. The number of nitrogens with zero attached hydrogens (tertiary/aromatic N) is 2. The Morgan fingerprint density at radius 1 is 1.33 bits per heavy atom. The first-order valence-corrected chi connectivity index (χ1v) is 10.1. The van der Waals surface area contributed by atoms with Crippen LogP contribution in [0.3, 0.4) is 0 Å². The number of benzene rings is 1. The van der Waals surface area contributed by atoms with Gasteiger partial charge < -0.3 is 9.84 Å². The van der Waals surface area contributed by atoms with Crippen LogP contribution in [-0.4, -0.2) is 43.3 Å². The average Bonchev–Trinajstić information content (AvgIpc) is 3.00. The Kier molecular flexibility index (Phi) is 6.80. The van der Waals surface area contributed by atoms with Crippen LogP contribution >= 0.6 is 24.0 Å². The van der Waals surface area contributed by atoms with Crippen molar-refractivity contribution in [2.45, 2.75) is 19.4 Å². The van der Waals surface area contributed by atoms with Gasteiger partial charge in [0.15, 0.2) is 10.4 Å². The number of aliphatic carboxylic acids is 1. The standard InChI is InChI=1S/C20H17N3O5S2/c1-2-14(19(26)27)28-15-8-4-3-6-12(15)10-16-18(25)23(20(29)30-16)22-17(24)13-7-5-9-21-11-13/h3-11,14H,2H2,1H3,(H,22,24)(H,26,27)/b16-10+. The average molecular weight is 444 g/mol. The van der Waals surface area contributed by atoms with E-state index in [0.29, 0.717) is 11.3 Å². The van der Waals surface area contributed by atoms with E-state index in [0.717, 1.165) is 16.8 Å². The Hall–Kier alpha value is -3.24. The lowest BCUT2D eigenvalue weighted by Crippen LogP contribution is -2.44. The van der Waals surface area contributed by atoms with E-state index in [-0.39, 0.29) is 21.2 Å². The number of thioether (sulfide) groups is 1. The third-order valence-electron chi connectivity index (χ3n) is 4.05. The number of hydrogen-bond donors (Lipinski definition) is 2. The van der Waals surface area contributed by atoms with Gasteiger partial charge in [0.2, 0.25) is 0 Å². The highest BCUT2D eigenvalue weighted by molar-refractivity contribution is 8.26. The van der Waals surface area contributed by atoms with Crippen LogP contribution in [0.2, 0.25) is 0 Å². The minimum Gasteiger partial charge on any atom is -0.479 e. The first-order chi connectivity index (χ1) is 14.4. The summed E-state index contributed by atoms with van der Waals surface area (Å²) >= 11 is 6.24. The number of carbonyl (C=O) groups excluding carboxylic acids is 2. The maximum atomic E-state index is 12.8. The van der Waals surface area contributed by atoms with Crippen molar-refractivity contribution < 1.29 is 24.2 Å². The van der Waals surface area contributed by atoms with Crippen LogP contribution in [0.25, 0.3) is 6.08 Å². The van der Waals surface area contributed by atoms with Crippen molar-refractivity contribution in [2.24, 2.45) is 0 Å². The summed E-state index contributed by atoms with van der Waals surface area (Å²) in [6.45, 7) is 1.71. The van der Waals surface area contributed by atoms with Crippen LogP contribution < -0.4 is 10.2 Å². The summed E-state index contributed by atoms with van der Waals surface area (Å²) in [5.41, 5.74) is 3.28. The van der Waals surface area contributed by atoms with E-state index in [1.165, 1.54) is 12.4 Å². The third kappa shape index (κ3) is 4.84. The zero-order valence-electron chi connectivity index (χ0n) is 15.8. The molecule has 1 fully saturated rings. The maximum Gasteiger partial charge on any atom is 0.344 e. The van der Waals surface area contributed by atoms with Gasteiger partial charge in [-0.25, -0.2) is 4.79 Å². The molecule has 154 valence electrons. The third-order valence-corrected chi connectivity index (χ3v) is 5.35. The zero-order valence-corrected chi connectivity index (χ0v) is 17.4. The Morgan fingerprint density at radius 3 is 2.77 bits per heavy atom. The van der Waals surface area contributed by atoms with Crippen molar-refractivity contribution in [1.29, 1.82) is 0 Å². The maximum absolute atomic E-state index is 12.8. The van der Waals surface area contributed by atoms with Crippen molar-refractivity contribution in [3.8, 4) is 5.75 Å². The molecule has 10 heteroatoms. The highest BCUT2D eigenvalue weighted by Gasteiger charge is 2.34. The fourth-order valence-electron chi connectivity index (χ4n) is 2.54. The number of amides is 2. The molecular weight excluding hydrogens is 426 g/mol. The van der Waals surface area contributed by atoms with Crippen LogP contribution in [0.5, 0.6) is 5.75 Å². The normalized spacial score (nSPS) is 15.9. The molecule has 0 aliphatic carbocycles. The van der Waals surface area contributed by atoms with Gasteiger partial charge >= 0.3 is 5.97 Å². The SMILES string of the molecule is CCC(Oc1ccccc1/C=C1/SC(=S)N(NC(=O)c2cccnc2)C1=O)C(=O)O. The molecule has 1 aromatic carbocycles. The quantitative estimate of drug-likeness (QED) is 0.497. The highest BCUT2D eigenvalue weighted by atomic mass is 32.2. The molecule has 0 saturated carbocycles. The predicted molar refractivity (Wildman–Crippen MR) is 116 cm³/mol. The van der Waals surface area contributed by atoms with Gasteiger partial charge in [0, 0.05) is 18.0 Å². The summed E-state index contributed by atoms with van der Waals surface area (Å²) in [7, 11) is 0. The van der Waals surface area contributed by atoms with Crippen LogP contribution in [0.4, 0.5) is 0 Å². The summed E-state index contributed by atoms with van der Waals surface area (Å²) in [5.74, 6) is -1.76. The summed E-state index contributed by atoms with van der Waals surface area (Å²) in [6, 6.07) is 9.95. The van der Waals surface area contributed by atoms with Crippen molar-refractivity contribution in [2.75, 3.05) is 0 Å². The molecule has 2 heterocycles. The fourth-order valence-corrected chi connectivity index (χ4v) is 3.71. The van der Waals surface area contributed by atoms with E-state index in [9.17, 15) is 19.5 Å². The number of pyridine rings is 1. The molecule has 0 radical (unpaired) electrons. The van der Waals surface area contributed by atoms with Gasteiger partial charge in [-0.2, -0.15) is 5.01 Å². The minimum absolute atomic E-state index is 0.166. The van der Waals surface area contributed by atoms with Crippen LogP contribution in [0.15, 0.2) is 53.7 Å². The van der Waals surface area contributed by atoms with Gasteiger partial charge in [-0.05, 0) is 42.9 Å². The number of hydrogen-bond acceptors (Lipinski definition) is 7. The van der Waals surface area contributed by atoms with E-state index < -0.39 is 23.9 Å². The molecule has 8 nitrogen and oxygen atoms in total. The number of carbonyl (C=O) groups is 3. The summed E-state index contributed by atoms with van der Waals surface area (Å²) in [4.78, 5) is 40.5. The first kappa shape index (κ1) is 21.5. The molecule has 2 amide bonds. The molecule has 0 bridgehead atoms. The van der Waals surface area contributed by atoms with Gasteiger partial charge in [-0.3, -0.25) is 20.0 Å². The number of carboxylic acids is 1. The molecule has 1 unspecified atom stereocenters. The van der Waals surface area contributed by atoms with Crippen LogP contribution in [-0.2, 0) is 9.59 Å². The second kappa shape index (κ2) is 9.51. The first-order valence-electron chi connectivity index (χ1n) is 8.88. The lowest BCUT2D eigenvalue weighted by molar-refractivity contribution is -0.145. The van der Waals surface area contributed by atoms with E-state index in [1.807, 2.05) is 0 Å². The Labute approximate surface area is 181 Å². The fraction of sp³-hybridized carbons (Fsp3) is 0.150. The van der Waals surface area contributed by atoms with Gasteiger partial charge in [-0.15, -0.1) is 0 Å². The van der Waals surface area contributed by atoms with E-state index >= 15 is 0 Å². The van der Waals surface area contributed by atoms with E-state index in [4.69, 9.17) is 17.0 Å². The number of hydrazine groups is 1. The number of aromatic nitrogens is 1. The molecule has 30 heavy (non-hydrogen) atoms. The van der Waals surface area contributed by atoms with Gasteiger partial charge in [-0.1, -0.05) is 36.9 Å². The molecule has 1 atom stereocenters. The molecule has 0 spiro atoms. The van der Waals surface area contributed by atoms with Crippen LogP contribution in [0, 0.1) is 0 Å². The van der Waals surface area contributed by atoms with Crippen molar-refractivity contribution >= 4 is 52.2 Å². The summed E-state index contributed by atoms with van der Waals surface area (Å²) in [6.07, 6.45) is 3.74. The molecule has 1 saturated heterocycles. The van der Waals surface area contributed by atoms with Gasteiger partial charge in [0.1, 0.15) is 5.75 Å². The molecular formula is C20H17N3O5S2. The Bertz CT molecular complexity index is 1030. The van der Waals surface area contributed by atoms with Gasteiger partial charge in [0.05, 0.1) is 10.5 Å². The summed E-state index contributed by atoms with van der Waals surface area (Å²) < 4.78 is 5.76. The second-order valence-corrected chi connectivity index (χ2v) is 7.77. The summed E-state index contributed by atoms with van der Waals surface area (Å²) in [5, 5.41) is 10.2. The smallest absolute Gasteiger partial charge is 0.344 e. The van der Waals surface area contributed by atoms with Crippen molar-refractivity contribution in [1.82, 2.24) is 15.4 Å². The lowest BCUT2D eigenvalue weighted by atomic mass is 10.1. The zero-order chi connectivity index (χ0) is 21.7. The van der Waals surface area contributed by atoms with E-state index in [2.05, 4.69) is 10.4 Å². The number of rotatable bonds is 7. The van der Waals surface area contributed by atoms with Crippen molar-refractivity contribution in [3.05, 3.63) is 64.8 Å². The monoisotopic (exact) mass is 443 g/mol. The molecule has 2 N–H and O–H groups in total. The number of para-hydroxylation sites is 1. The lowest BCUT2D eigenvalue weighted by Gasteiger charge is -2.16. The van der Waals surface area contributed by atoms with Crippen molar-refractivity contribution in [3.63, 3.8) is 0 Å². The van der Waals surface area contributed by atoms with E-state index in [1.54, 1.807) is 49.4 Å². The molecule has 1 aliphatic rings. The minimum atomic E-state index is -1.07. The van der Waals surface area contributed by atoms with Gasteiger partial charge in [0.25, 0.3) is 11.8 Å². The molecule has 1 aromatic heterocycles. The number of nitrogens with one attached hydrogen (secondary N) is 1. The van der Waals surface area contributed by atoms with Crippen LogP contribution in [0.1, 0.15) is 29.3 Å². The molecule has 1 aliphatic heterocycles. The highest BCUT2D eigenvalue weighted by Crippen LogP contribution is 2.33. The topological polar surface area (TPSA) is 109 Å². The molecule has 3 rings (SSSR count). The number of ether oxygens (including phenoxy) is 1. The Balaban J connectivity index is 1.81. The second-order valence-electron chi connectivity index (χ2n) is 6.09. The number of thiocarbonyl (C=S) groups is 1. The number of carboxylic acid groups (broad SMARTS) is 1. The predicted octanol–water partition coefficient (Wildman–Crippen LogP) is 2.87. The Morgan fingerprint density at radius 2 is 2.10 bits per heavy atom. The largest absolute Gasteiger partial charge is 0.479 e.